The van der Waals surface area contributed by atoms with Gasteiger partial charge in [0.15, 0.2) is 5.69 Å². The number of hydrogen-bond donors (Lipinski definition) is 0. The number of hydrogen-bond acceptors (Lipinski definition) is 6. The fourth-order valence-electron chi connectivity index (χ4n) is 1.97. The molecular weight excluding hydrogens is 485 g/mol. The number of esters is 1. The van der Waals surface area contributed by atoms with Crippen molar-refractivity contribution in [2.24, 2.45) is 0 Å². The van der Waals surface area contributed by atoms with E-state index in [0.29, 0.717) is 12.1 Å². The molecule has 0 saturated heterocycles. The third kappa shape index (κ3) is 4.82. The summed E-state index contributed by atoms with van der Waals surface area (Å²) in [6.07, 6.45) is 0. The van der Waals surface area contributed by atoms with Crippen molar-refractivity contribution in [2.45, 2.75) is 31.3 Å². The average Bonchev–Trinajstić information content (AvgIpc) is 3.00. The van der Waals surface area contributed by atoms with Crippen molar-refractivity contribution in [3.05, 3.63) is 39.4 Å². The lowest BCUT2D eigenvalue weighted by atomic mass is 10.2. The van der Waals surface area contributed by atoms with E-state index in [0.717, 1.165) is 15.4 Å². The van der Waals surface area contributed by atoms with Gasteiger partial charge in [0.2, 0.25) is 0 Å². The van der Waals surface area contributed by atoms with Crippen LogP contribution in [0.5, 0.6) is 0 Å². The highest BCUT2D eigenvalue weighted by molar-refractivity contribution is 9.10. The van der Waals surface area contributed by atoms with Crippen molar-refractivity contribution < 1.29 is 26.7 Å². The molecule has 1 unspecified atom stereocenters. The number of anilines is 1. The van der Waals surface area contributed by atoms with Crippen molar-refractivity contribution in [3.63, 3.8) is 0 Å². The molecule has 0 aliphatic heterocycles. The third-order valence-corrected chi connectivity index (χ3v) is 8.26. The number of nitrogens with zero attached hydrogens (tertiary/aromatic N) is 2. The molecule has 27 heavy (non-hydrogen) atoms. The van der Waals surface area contributed by atoms with Gasteiger partial charge in [0, 0.05) is 0 Å². The van der Waals surface area contributed by atoms with Gasteiger partial charge in [-0.15, -0.1) is 11.3 Å². The van der Waals surface area contributed by atoms with Gasteiger partial charge in [0.1, 0.15) is 22.2 Å². The number of sulfonamides is 1. The fraction of sp³-hybridized carbons (Fsp3) is 0.333. The number of aromatic nitrogens is 1. The maximum atomic E-state index is 13.8. The Morgan fingerprint density at radius 1 is 1.30 bits per heavy atom. The van der Waals surface area contributed by atoms with Crippen LogP contribution in [-0.4, -0.2) is 31.6 Å². The first kappa shape index (κ1) is 22.1. The Morgan fingerprint density at radius 3 is 2.33 bits per heavy atom. The van der Waals surface area contributed by atoms with Crippen molar-refractivity contribution >= 4 is 57.0 Å². The maximum Gasteiger partial charge on any atom is 0.360 e. The van der Waals surface area contributed by atoms with E-state index >= 15 is 0 Å². The zero-order valence-corrected chi connectivity index (χ0v) is 18.9. The van der Waals surface area contributed by atoms with Gasteiger partial charge >= 0.3 is 5.97 Å². The summed E-state index contributed by atoms with van der Waals surface area (Å²) in [6, 6.07) is 1.42. The fourth-order valence-corrected chi connectivity index (χ4v) is 6.26. The molecule has 148 valence electrons. The zero-order valence-electron chi connectivity index (χ0n) is 14.7. The van der Waals surface area contributed by atoms with E-state index in [1.807, 2.05) is 0 Å². The second-order valence-electron chi connectivity index (χ2n) is 6.20. The Bertz CT molecular complexity index is 953. The van der Waals surface area contributed by atoms with Gasteiger partial charge in [-0.25, -0.2) is 31.1 Å². The Morgan fingerprint density at radius 2 is 1.85 bits per heavy atom. The minimum atomic E-state index is -4.33. The molecule has 0 amide bonds. The molecule has 0 aliphatic carbocycles. The van der Waals surface area contributed by atoms with Crippen LogP contribution < -0.4 is 4.08 Å². The number of halogens is 3. The van der Waals surface area contributed by atoms with Gasteiger partial charge < -0.3 is 4.74 Å². The lowest BCUT2D eigenvalue weighted by Crippen LogP contribution is -2.27. The Hall–Kier alpha value is -1.16. The molecule has 2 aromatic rings. The minimum Gasteiger partial charge on any atom is -0.455 e. The van der Waals surface area contributed by atoms with Crippen LogP contribution in [0.3, 0.4) is 0 Å². The lowest BCUT2D eigenvalue weighted by molar-refractivity contribution is 0.00648. The number of rotatable bonds is 5. The Labute approximate surface area is 170 Å². The topological polar surface area (TPSA) is 76.6 Å². The molecule has 1 aromatic carbocycles. The average molecular weight is 501 g/mol. The van der Waals surface area contributed by atoms with Gasteiger partial charge in [-0.1, -0.05) is 0 Å². The zero-order chi connectivity index (χ0) is 20.6. The van der Waals surface area contributed by atoms with Gasteiger partial charge in [-0.3, -0.25) is 0 Å². The molecular formula is C15H16BrF2N2O4PS2. The summed E-state index contributed by atoms with van der Waals surface area (Å²) < 4.78 is 59.2. The van der Waals surface area contributed by atoms with Crippen molar-refractivity contribution in [1.82, 2.24) is 4.98 Å². The van der Waals surface area contributed by atoms with Crippen molar-refractivity contribution in [1.29, 1.82) is 0 Å². The Kier molecular flexibility index (Phi) is 6.61. The molecule has 1 aromatic heterocycles. The molecule has 0 spiro atoms. The van der Waals surface area contributed by atoms with Crippen LogP contribution in [0.15, 0.2) is 27.0 Å². The predicted molar refractivity (Wildman–Crippen MR) is 105 cm³/mol. The van der Waals surface area contributed by atoms with Crippen LogP contribution in [-0.2, 0) is 14.8 Å². The monoisotopic (exact) mass is 500 g/mol. The highest BCUT2D eigenvalue weighted by Gasteiger charge is 2.32. The number of ether oxygens (including phenoxy) is 1. The minimum absolute atomic E-state index is 0.0221. The van der Waals surface area contributed by atoms with Crippen LogP contribution in [0.4, 0.5) is 13.8 Å². The summed E-state index contributed by atoms with van der Waals surface area (Å²) in [5, 5.41) is 0.0221. The van der Waals surface area contributed by atoms with E-state index in [1.165, 1.54) is 5.51 Å². The number of carbonyl (C=O) groups is 1. The van der Waals surface area contributed by atoms with Gasteiger partial charge in [-0.05, 0) is 64.2 Å². The molecule has 0 bridgehead atoms. The summed E-state index contributed by atoms with van der Waals surface area (Å²) in [5.41, 5.74) is 0.333. The van der Waals surface area contributed by atoms with Gasteiger partial charge in [0.25, 0.3) is 10.0 Å². The van der Waals surface area contributed by atoms with E-state index in [9.17, 15) is 22.0 Å². The first-order valence-corrected chi connectivity index (χ1v) is 12.0. The summed E-state index contributed by atoms with van der Waals surface area (Å²) in [6.45, 7) is 6.56. The van der Waals surface area contributed by atoms with E-state index in [-0.39, 0.29) is 19.4 Å². The normalized spacial score (nSPS) is 12.6. The standard InChI is InChI=1S/C15H16BrF2N2O4PS2/c1-15(2,3)24-14(21)12-13(26-7-19-12)20(25-4)27(22,23)8-5-9(17)11(16)10(18)6-8/h5-7,25H,1-4H3. The van der Waals surface area contributed by atoms with Crippen LogP contribution in [0.25, 0.3) is 0 Å². The molecule has 0 saturated carbocycles. The second kappa shape index (κ2) is 8.06. The van der Waals surface area contributed by atoms with E-state index in [1.54, 1.807) is 27.4 Å². The van der Waals surface area contributed by atoms with Crippen LogP contribution in [0.2, 0.25) is 0 Å². The van der Waals surface area contributed by atoms with Crippen molar-refractivity contribution in [3.8, 4) is 0 Å². The molecule has 1 atom stereocenters. The predicted octanol–water partition coefficient (Wildman–Crippen LogP) is 4.56. The highest BCUT2D eigenvalue weighted by atomic mass is 79.9. The van der Waals surface area contributed by atoms with Crippen molar-refractivity contribution in [2.75, 3.05) is 10.7 Å². The van der Waals surface area contributed by atoms with Crippen LogP contribution in [0.1, 0.15) is 31.3 Å². The van der Waals surface area contributed by atoms with E-state index < -0.39 is 42.6 Å². The van der Waals surface area contributed by atoms with Crippen LogP contribution >= 0.6 is 36.0 Å². The molecule has 1 heterocycles. The smallest absolute Gasteiger partial charge is 0.360 e. The summed E-state index contributed by atoms with van der Waals surface area (Å²) in [7, 11) is -4.69. The molecule has 12 heteroatoms. The number of carbonyl (C=O) groups excluding carboxylic acids is 1. The summed E-state index contributed by atoms with van der Waals surface area (Å²) in [4.78, 5) is 15.7. The van der Waals surface area contributed by atoms with E-state index in [4.69, 9.17) is 4.74 Å². The maximum absolute atomic E-state index is 13.8. The molecule has 0 fully saturated rings. The van der Waals surface area contributed by atoms with Crippen LogP contribution in [0, 0.1) is 11.6 Å². The molecule has 2 rings (SSSR count). The first-order chi connectivity index (χ1) is 12.4. The van der Waals surface area contributed by atoms with Gasteiger partial charge in [0.05, 0.1) is 14.9 Å². The van der Waals surface area contributed by atoms with E-state index in [2.05, 4.69) is 20.9 Å². The Balaban J connectivity index is 2.52. The number of thiazole rings is 1. The first-order valence-electron chi connectivity index (χ1n) is 7.42. The molecule has 0 radical (unpaired) electrons. The van der Waals surface area contributed by atoms with Gasteiger partial charge in [-0.2, -0.15) is 0 Å². The SMILES string of the molecule is CPN(c1scnc1C(=O)OC(C)(C)C)S(=O)(=O)c1cc(F)c(Br)c(F)c1. The molecule has 0 N–H and O–H groups in total. The second-order valence-corrected chi connectivity index (χ2v) is 10.8. The summed E-state index contributed by atoms with van der Waals surface area (Å²) >= 11 is 3.62. The third-order valence-electron chi connectivity index (χ3n) is 3.02. The molecule has 6 nitrogen and oxygen atoms in total. The largest absolute Gasteiger partial charge is 0.455 e. The quantitative estimate of drug-likeness (QED) is 0.341. The summed E-state index contributed by atoms with van der Waals surface area (Å²) in [5.74, 6) is -2.89. The lowest BCUT2D eigenvalue weighted by Gasteiger charge is -2.23. The molecule has 0 aliphatic rings. The highest BCUT2D eigenvalue weighted by Crippen LogP contribution is 2.39. The number of benzene rings is 1.